The van der Waals surface area contributed by atoms with E-state index in [9.17, 15) is 10.2 Å². The van der Waals surface area contributed by atoms with E-state index in [0.717, 1.165) is 51.5 Å². The Morgan fingerprint density at radius 2 is 1.83 bits per heavy atom. The molecule has 0 aromatic carbocycles. The van der Waals surface area contributed by atoms with E-state index >= 15 is 0 Å². The summed E-state index contributed by atoms with van der Waals surface area (Å²) in [5.41, 5.74) is -0.388. The minimum Gasteiger partial charge on any atom is -0.395 e. The first-order valence-corrected chi connectivity index (χ1v) is 11.9. The molecule has 0 saturated heterocycles. The zero-order valence-corrected chi connectivity index (χ0v) is 18.9. The molecule has 4 rings (SSSR count). The van der Waals surface area contributed by atoms with Crippen molar-refractivity contribution < 1.29 is 15.1 Å². The van der Waals surface area contributed by atoms with Crippen molar-refractivity contribution in [3.63, 3.8) is 0 Å². The smallest absolute Gasteiger partial charge is 0.129 e. The quantitative estimate of drug-likeness (QED) is 0.415. The Bertz CT molecular complexity index is 625. The molecule has 4 aliphatic rings. The van der Waals surface area contributed by atoms with Gasteiger partial charge in [0.05, 0.1) is 11.7 Å². The van der Waals surface area contributed by atoms with Crippen LogP contribution in [0.15, 0.2) is 5.16 Å². The van der Waals surface area contributed by atoms with Crippen molar-refractivity contribution in [2.45, 2.75) is 83.3 Å². The molecule has 0 aromatic heterocycles. The zero-order valence-electron chi connectivity index (χ0n) is 18.9. The summed E-state index contributed by atoms with van der Waals surface area (Å²) in [6.07, 6.45) is 11.4. The maximum atomic E-state index is 12.1. The number of fused-ring (bicyclic) bond motifs is 5. The van der Waals surface area contributed by atoms with Crippen molar-refractivity contribution >= 4 is 6.21 Å². The first-order valence-electron chi connectivity index (χ1n) is 11.9. The monoisotopic (exact) mass is 406 g/mol. The minimum atomic E-state index is -0.583. The number of likely N-dealkylation sites (N-methyl/N-ethyl adjacent to an activating group) is 1. The van der Waals surface area contributed by atoms with Gasteiger partial charge >= 0.3 is 0 Å². The normalized spacial score (nSPS) is 49.7. The fourth-order valence-electron chi connectivity index (χ4n) is 7.88. The van der Waals surface area contributed by atoms with E-state index in [-0.39, 0.29) is 11.5 Å². The molecule has 5 heteroatoms. The van der Waals surface area contributed by atoms with Gasteiger partial charge in [0.2, 0.25) is 0 Å². The third-order valence-corrected chi connectivity index (χ3v) is 9.84. The minimum absolute atomic E-state index is 0.0973. The summed E-state index contributed by atoms with van der Waals surface area (Å²) in [6, 6.07) is 0. The zero-order chi connectivity index (χ0) is 20.9. The summed E-state index contributed by atoms with van der Waals surface area (Å²) in [4.78, 5) is 7.58. The van der Waals surface area contributed by atoms with Gasteiger partial charge in [-0.15, -0.1) is 0 Å². The molecule has 2 unspecified atom stereocenters. The maximum Gasteiger partial charge on any atom is 0.129 e. The van der Waals surface area contributed by atoms with Gasteiger partial charge < -0.3 is 20.0 Å². The van der Waals surface area contributed by atoms with Crippen molar-refractivity contribution in [1.82, 2.24) is 4.90 Å². The summed E-state index contributed by atoms with van der Waals surface area (Å²) < 4.78 is 0. The molecule has 4 aliphatic carbocycles. The number of nitrogens with zero attached hydrogens (tertiary/aromatic N) is 2. The third-order valence-electron chi connectivity index (χ3n) is 9.84. The van der Waals surface area contributed by atoms with Crippen LogP contribution in [0.3, 0.4) is 0 Å². The van der Waals surface area contributed by atoms with Crippen molar-refractivity contribution in [1.29, 1.82) is 0 Å². The molecule has 166 valence electrons. The molecular weight excluding hydrogens is 364 g/mol. The Labute approximate surface area is 176 Å². The summed E-state index contributed by atoms with van der Waals surface area (Å²) >= 11 is 0. The molecule has 2 N–H and O–H groups in total. The van der Waals surface area contributed by atoms with Crippen LogP contribution in [0.4, 0.5) is 0 Å². The molecular formula is C24H42N2O3. The lowest BCUT2D eigenvalue weighted by molar-refractivity contribution is -0.206. The van der Waals surface area contributed by atoms with Crippen molar-refractivity contribution in [2.24, 2.45) is 39.7 Å². The summed E-state index contributed by atoms with van der Waals surface area (Å²) in [5.74, 6) is 1.92. The number of rotatable bonds is 5. The molecule has 0 bridgehead atoms. The summed E-state index contributed by atoms with van der Waals surface area (Å²) in [6.45, 7) is 6.25. The van der Waals surface area contributed by atoms with Crippen LogP contribution in [0.1, 0.15) is 71.6 Å². The Morgan fingerprint density at radius 1 is 1.03 bits per heavy atom. The fourth-order valence-corrected chi connectivity index (χ4v) is 7.88. The van der Waals surface area contributed by atoms with Gasteiger partial charge in [-0.3, -0.25) is 0 Å². The van der Waals surface area contributed by atoms with E-state index in [4.69, 9.17) is 4.84 Å². The molecule has 0 aliphatic heterocycles. The van der Waals surface area contributed by atoms with E-state index in [1.54, 1.807) is 0 Å². The van der Waals surface area contributed by atoms with Gasteiger partial charge in [0.15, 0.2) is 0 Å². The van der Waals surface area contributed by atoms with Gasteiger partial charge in [0.1, 0.15) is 6.61 Å². The number of hydrogen-bond acceptors (Lipinski definition) is 5. The van der Waals surface area contributed by atoms with Gasteiger partial charge in [-0.05, 0) is 95.1 Å². The Hall–Kier alpha value is -0.650. The van der Waals surface area contributed by atoms with E-state index < -0.39 is 5.60 Å². The van der Waals surface area contributed by atoms with Gasteiger partial charge in [0, 0.05) is 24.1 Å². The van der Waals surface area contributed by atoms with Crippen LogP contribution in [0.5, 0.6) is 0 Å². The molecule has 0 amide bonds. The highest BCUT2D eigenvalue weighted by atomic mass is 16.6. The SMILES string of the molecule is CN(C)CCO/N=C/[C@@H]1CC[C@]2(O)C3CC[C@@H]4C[C@@H](O)CC[C@]4(C)C3CC[C@]12C. The van der Waals surface area contributed by atoms with Crippen LogP contribution < -0.4 is 0 Å². The van der Waals surface area contributed by atoms with Gasteiger partial charge in [0.25, 0.3) is 0 Å². The lowest BCUT2D eigenvalue weighted by Crippen LogP contribution is -2.62. The molecule has 29 heavy (non-hydrogen) atoms. The lowest BCUT2D eigenvalue weighted by Gasteiger charge is -2.63. The average Bonchev–Trinajstić information content (AvgIpc) is 2.93. The highest BCUT2D eigenvalue weighted by molar-refractivity contribution is 5.63. The number of hydrogen-bond donors (Lipinski definition) is 2. The van der Waals surface area contributed by atoms with Crippen LogP contribution in [0.25, 0.3) is 0 Å². The van der Waals surface area contributed by atoms with E-state index in [2.05, 4.69) is 23.9 Å². The predicted molar refractivity (Wildman–Crippen MR) is 116 cm³/mol. The first-order chi connectivity index (χ1) is 13.7. The number of aliphatic hydroxyl groups excluding tert-OH is 1. The number of oxime groups is 1. The van der Waals surface area contributed by atoms with Crippen molar-refractivity contribution in [3.05, 3.63) is 0 Å². The molecule has 8 atom stereocenters. The molecule has 0 radical (unpaired) electrons. The first kappa shape index (κ1) is 21.6. The second-order valence-electron chi connectivity index (χ2n) is 11.3. The van der Waals surface area contributed by atoms with E-state index in [0.29, 0.717) is 35.7 Å². The van der Waals surface area contributed by atoms with Gasteiger partial charge in [-0.1, -0.05) is 19.0 Å². The topological polar surface area (TPSA) is 65.3 Å². The van der Waals surface area contributed by atoms with Crippen molar-refractivity contribution in [2.75, 3.05) is 27.2 Å². The maximum absolute atomic E-state index is 12.1. The average molecular weight is 407 g/mol. The van der Waals surface area contributed by atoms with Gasteiger partial charge in [-0.25, -0.2) is 0 Å². The Morgan fingerprint density at radius 3 is 2.59 bits per heavy atom. The van der Waals surface area contributed by atoms with Crippen LogP contribution in [-0.2, 0) is 4.84 Å². The van der Waals surface area contributed by atoms with Crippen LogP contribution in [-0.4, -0.2) is 60.3 Å². The summed E-state index contributed by atoms with van der Waals surface area (Å²) in [5, 5.41) is 26.6. The lowest BCUT2D eigenvalue weighted by atomic mass is 9.43. The molecule has 4 fully saturated rings. The Balaban J connectivity index is 1.49. The highest BCUT2D eigenvalue weighted by Gasteiger charge is 2.66. The van der Waals surface area contributed by atoms with Crippen LogP contribution in [0.2, 0.25) is 0 Å². The molecule has 0 spiro atoms. The Kier molecular flexibility index (Phi) is 5.80. The van der Waals surface area contributed by atoms with Crippen LogP contribution in [0, 0.1) is 34.5 Å². The van der Waals surface area contributed by atoms with Crippen LogP contribution >= 0.6 is 0 Å². The van der Waals surface area contributed by atoms with Gasteiger partial charge in [-0.2, -0.15) is 0 Å². The second kappa shape index (κ2) is 7.80. The van der Waals surface area contributed by atoms with E-state index in [1.165, 1.54) is 12.8 Å². The molecule has 0 heterocycles. The standard InChI is InChI=1S/C24H42N2O3/c1-22-10-8-19(27)15-17(22)5-6-21-20(22)9-11-23(2)18(7-12-24(21,23)28)16-25-29-14-13-26(3)4/h16-21,27-28H,5-15H2,1-4H3/b25-16+/t17-,18+,19+,20?,21?,22+,23-,24+/m1/s1. The molecule has 0 aromatic rings. The van der Waals surface area contributed by atoms with Crippen molar-refractivity contribution in [3.8, 4) is 0 Å². The fraction of sp³-hybridized carbons (Fsp3) is 0.958. The second-order valence-corrected chi connectivity index (χ2v) is 11.3. The largest absolute Gasteiger partial charge is 0.395 e. The highest BCUT2D eigenvalue weighted by Crippen LogP contribution is 2.68. The predicted octanol–water partition coefficient (Wildman–Crippen LogP) is 3.69. The summed E-state index contributed by atoms with van der Waals surface area (Å²) in [7, 11) is 4.07. The third kappa shape index (κ3) is 3.45. The van der Waals surface area contributed by atoms with E-state index in [1.807, 2.05) is 20.3 Å². The number of aliphatic hydroxyl groups is 2. The molecule has 4 saturated carbocycles. The molecule has 5 nitrogen and oxygen atoms in total.